The van der Waals surface area contributed by atoms with E-state index in [1.165, 1.54) is 4.90 Å². The van der Waals surface area contributed by atoms with E-state index in [9.17, 15) is 19.2 Å². The summed E-state index contributed by atoms with van der Waals surface area (Å²) in [4.78, 5) is 60.3. The van der Waals surface area contributed by atoms with E-state index in [1.54, 1.807) is 43.7 Å². The monoisotopic (exact) mass is 610 g/mol. The number of rotatable bonds is 11. The van der Waals surface area contributed by atoms with Crippen LogP contribution >= 0.6 is 0 Å². The average Bonchev–Trinajstić information content (AvgIpc) is 3.04. The first-order valence-corrected chi connectivity index (χ1v) is 15.1. The quantitative estimate of drug-likeness (QED) is 0.306. The summed E-state index contributed by atoms with van der Waals surface area (Å²) in [7, 11) is 1.66. The molecule has 10 nitrogen and oxygen atoms in total. The van der Waals surface area contributed by atoms with Crippen molar-refractivity contribution in [2.75, 3.05) is 13.6 Å². The lowest BCUT2D eigenvalue weighted by Gasteiger charge is -2.36. The molecule has 1 aliphatic heterocycles. The topological polar surface area (TPSA) is 124 Å². The highest BCUT2D eigenvalue weighted by Gasteiger charge is 2.37. The Labute approximate surface area is 264 Å². The Morgan fingerprint density at radius 1 is 0.867 bits per heavy atom. The van der Waals surface area contributed by atoms with Crippen LogP contribution in [0.15, 0.2) is 91.5 Å². The van der Waals surface area contributed by atoms with E-state index in [4.69, 9.17) is 0 Å². The van der Waals surface area contributed by atoms with Crippen LogP contribution in [0.5, 0.6) is 0 Å². The van der Waals surface area contributed by atoms with Gasteiger partial charge in [0.1, 0.15) is 12.1 Å². The third kappa shape index (κ3) is 8.63. The van der Waals surface area contributed by atoms with Gasteiger partial charge in [0.25, 0.3) is 0 Å². The number of nitrogens with one attached hydrogen (secondary N) is 3. The first-order chi connectivity index (χ1) is 21.5. The molecular weight excluding hydrogens is 568 g/mol. The second-order valence-electron chi connectivity index (χ2n) is 12.2. The van der Waals surface area contributed by atoms with Gasteiger partial charge in [0.05, 0.1) is 19.1 Å². The molecule has 1 aliphatic rings. The fraction of sp³-hybridized carbons (Fsp3) is 0.343. The molecule has 1 aromatic heterocycles. The smallest absolute Gasteiger partial charge is 0.250 e. The molecule has 0 aliphatic carbocycles. The lowest BCUT2D eigenvalue weighted by molar-refractivity contribution is -0.144. The molecule has 0 radical (unpaired) electrons. The third-order valence-electron chi connectivity index (χ3n) is 7.85. The normalized spacial score (nSPS) is 16.2. The minimum Gasteiger partial charge on any atom is -0.345 e. The molecule has 0 unspecified atom stereocenters. The number of pyridine rings is 1. The molecule has 45 heavy (non-hydrogen) atoms. The van der Waals surface area contributed by atoms with E-state index >= 15 is 0 Å². The summed E-state index contributed by atoms with van der Waals surface area (Å²) in [5, 5.41) is 8.34. The van der Waals surface area contributed by atoms with Crippen LogP contribution in [0.4, 0.5) is 0 Å². The van der Waals surface area contributed by atoms with Gasteiger partial charge in [0.2, 0.25) is 23.6 Å². The second-order valence-corrected chi connectivity index (χ2v) is 12.2. The van der Waals surface area contributed by atoms with Gasteiger partial charge >= 0.3 is 0 Å². The number of likely N-dealkylation sites (N-methyl/N-ethyl adjacent to an activating group) is 1. The van der Waals surface area contributed by atoms with Crippen LogP contribution < -0.4 is 16.0 Å². The Balaban J connectivity index is 1.52. The van der Waals surface area contributed by atoms with E-state index < -0.39 is 35.4 Å². The maximum atomic E-state index is 13.9. The van der Waals surface area contributed by atoms with Gasteiger partial charge in [0, 0.05) is 31.2 Å². The number of hydrogen-bond donors (Lipinski definition) is 3. The van der Waals surface area contributed by atoms with Gasteiger partial charge < -0.3 is 25.8 Å². The summed E-state index contributed by atoms with van der Waals surface area (Å²) in [6.45, 7) is 7.21. The van der Waals surface area contributed by atoms with Gasteiger partial charge in [-0.25, -0.2) is 0 Å². The summed E-state index contributed by atoms with van der Waals surface area (Å²) >= 11 is 0. The number of benzene rings is 2. The van der Waals surface area contributed by atoms with Crippen molar-refractivity contribution in [3.8, 4) is 11.1 Å². The maximum absolute atomic E-state index is 13.9. The number of aromatic nitrogens is 1. The van der Waals surface area contributed by atoms with E-state index in [-0.39, 0.29) is 24.8 Å². The Bertz CT molecular complexity index is 1500. The lowest BCUT2D eigenvalue weighted by atomic mass is 9.86. The lowest BCUT2D eigenvalue weighted by Crippen LogP contribution is -2.58. The van der Waals surface area contributed by atoms with Crippen LogP contribution in [0.1, 0.15) is 38.8 Å². The zero-order valence-electron chi connectivity index (χ0n) is 26.5. The highest BCUT2D eigenvalue weighted by molar-refractivity contribution is 5.94. The fourth-order valence-corrected chi connectivity index (χ4v) is 5.02. The zero-order chi connectivity index (χ0) is 32.6. The summed E-state index contributed by atoms with van der Waals surface area (Å²) in [5.41, 5.74) is 3.32. The van der Waals surface area contributed by atoms with Gasteiger partial charge in [-0.2, -0.15) is 0 Å². The SMILES string of the molecule is CN[C@@H](C)C(=O)N[C@H](C(=O)NCC(=O)N1C=CN(Cc2ccncc2)C(=O)[C@@H]1Cc1ccc(-c2ccccc2)cc1)C(C)(C)C. The molecule has 0 saturated heterocycles. The van der Waals surface area contributed by atoms with E-state index in [0.717, 1.165) is 22.3 Å². The molecule has 4 amide bonds. The number of hydrogen-bond acceptors (Lipinski definition) is 6. The Morgan fingerprint density at radius 3 is 2.13 bits per heavy atom. The Hall–Kier alpha value is -4.83. The fourth-order valence-electron chi connectivity index (χ4n) is 5.02. The predicted octanol–water partition coefficient (Wildman–Crippen LogP) is 3.26. The van der Waals surface area contributed by atoms with E-state index in [0.29, 0.717) is 6.54 Å². The standard InChI is InChI=1S/C35H42N6O4/c1-24(36-5)32(43)39-31(35(2,3)4)33(44)38-22-30(42)41-20-19-40(23-26-15-17-37-18-16-26)34(45)29(41)21-25-11-13-28(14-12-25)27-9-7-6-8-10-27/h6-20,24,29,31,36H,21-23H2,1-5H3,(H,38,44)(H,39,43)/t24-,29-,31+/m0/s1. The van der Waals surface area contributed by atoms with Crippen LogP contribution in [0.25, 0.3) is 11.1 Å². The second kappa shape index (κ2) is 14.8. The molecule has 3 aromatic rings. The van der Waals surface area contributed by atoms with Crippen molar-refractivity contribution in [3.05, 3.63) is 103 Å². The minimum atomic E-state index is -0.873. The van der Waals surface area contributed by atoms with Crippen LogP contribution in [0.3, 0.4) is 0 Å². The van der Waals surface area contributed by atoms with Crippen molar-refractivity contribution in [1.29, 1.82) is 0 Å². The van der Waals surface area contributed by atoms with E-state index in [2.05, 4.69) is 20.9 Å². The summed E-state index contributed by atoms with van der Waals surface area (Å²) in [6, 6.07) is 19.4. The van der Waals surface area contributed by atoms with Gasteiger partial charge in [-0.15, -0.1) is 0 Å². The molecule has 0 fully saturated rings. The van der Waals surface area contributed by atoms with Crippen molar-refractivity contribution in [2.45, 2.75) is 58.8 Å². The molecule has 0 spiro atoms. The predicted molar refractivity (Wildman–Crippen MR) is 173 cm³/mol. The molecule has 0 saturated carbocycles. The molecule has 3 atom stereocenters. The van der Waals surface area contributed by atoms with Crippen molar-refractivity contribution >= 4 is 23.6 Å². The minimum absolute atomic E-state index is 0.234. The third-order valence-corrected chi connectivity index (χ3v) is 7.85. The molecular formula is C35H42N6O4. The summed E-state index contributed by atoms with van der Waals surface area (Å²) in [6.07, 6.45) is 6.81. The van der Waals surface area contributed by atoms with Gasteiger partial charge in [-0.1, -0.05) is 75.4 Å². The molecule has 236 valence electrons. The molecule has 3 N–H and O–H groups in total. The number of amides is 4. The van der Waals surface area contributed by atoms with E-state index in [1.807, 2.05) is 87.5 Å². The molecule has 0 bridgehead atoms. The Kier molecular flexibility index (Phi) is 10.9. The van der Waals surface area contributed by atoms with Gasteiger partial charge in [-0.05, 0) is 53.8 Å². The number of carbonyl (C=O) groups excluding carboxylic acids is 4. The number of carbonyl (C=O) groups is 4. The number of nitrogens with zero attached hydrogens (tertiary/aromatic N) is 3. The first kappa shape index (κ1) is 33.1. The largest absolute Gasteiger partial charge is 0.345 e. The van der Waals surface area contributed by atoms with Crippen molar-refractivity contribution in [3.63, 3.8) is 0 Å². The van der Waals surface area contributed by atoms with Crippen molar-refractivity contribution in [1.82, 2.24) is 30.7 Å². The molecule has 2 heterocycles. The average molecular weight is 611 g/mol. The first-order valence-electron chi connectivity index (χ1n) is 15.1. The van der Waals surface area contributed by atoms with Crippen LogP contribution in [0.2, 0.25) is 0 Å². The van der Waals surface area contributed by atoms with Crippen LogP contribution in [-0.4, -0.2) is 70.1 Å². The van der Waals surface area contributed by atoms with Crippen LogP contribution in [-0.2, 0) is 32.1 Å². The van der Waals surface area contributed by atoms with Crippen LogP contribution in [0, 0.1) is 5.41 Å². The zero-order valence-corrected chi connectivity index (χ0v) is 26.5. The maximum Gasteiger partial charge on any atom is 0.250 e. The Morgan fingerprint density at radius 2 is 1.51 bits per heavy atom. The summed E-state index contributed by atoms with van der Waals surface area (Å²) in [5.74, 6) is -1.48. The molecule has 4 rings (SSSR count). The molecule has 2 aromatic carbocycles. The van der Waals surface area contributed by atoms with Gasteiger partial charge in [0.15, 0.2) is 0 Å². The highest BCUT2D eigenvalue weighted by Crippen LogP contribution is 2.24. The van der Waals surface area contributed by atoms with Crippen molar-refractivity contribution < 1.29 is 19.2 Å². The highest BCUT2D eigenvalue weighted by atomic mass is 16.2. The summed E-state index contributed by atoms with van der Waals surface area (Å²) < 4.78 is 0. The van der Waals surface area contributed by atoms with Gasteiger partial charge in [-0.3, -0.25) is 24.2 Å². The molecule has 10 heteroatoms. The van der Waals surface area contributed by atoms with Crippen molar-refractivity contribution in [2.24, 2.45) is 5.41 Å².